The largest absolute Gasteiger partial charge is 0.357 e. The van der Waals surface area contributed by atoms with Crippen molar-refractivity contribution in [1.29, 1.82) is 0 Å². The first-order chi connectivity index (χ1) is 11.4. The first-order valence-corrected chi connectivity index (χ1v) is 9.02. The maximum absolute atomic E-state index is 12.0. The van der Waals surface area contributed by atoms with Gasteiger partial charge in [0.15, 0.2) is 0 Å². The molecule has 2 rings (SSSR count). The van der Waals surface area contributed by atoms with Gasteiger partial charge in [0, 0.05) is 27.2 Å². The fraction of sp³-hybridized carbons (Fsp3) is 0.667. The zero-order valence-electron chi connectivity index (χ0n) is 15.2. The van der Waals surface area contributed by atoms with E-state index in [2.05, 4.69) is 22.1 Å². The van der Waals surface area contributed by atoms with Crippen molar-refractivity contribution in [3.05, 3.63) is 22.8 Å². The Bertz CT molecular complexity index is 568. The Morgan fingerprint density at radius 3 is 2.58 bits per heavy atom. The predicted molar refractivity (Wildman–Crippen MR) is 100.0 cm³/mol. The standard InChI is InChI=1S/C18H29ClN4O/c1-18(8-5-11-20-2)9-12-23(13-10-18)15-7-6-14(16(19)21-15)17(24)22(3)4/h6-7,20H,5,8-13H2,1-4H3. The number of pyridine rings is 1. The minimum atomic E-state index is -0.116. The molecule has 1 aliphatic heterocycles. The second-order valence-electron chi connectivity index (χ2n) is 7.21. The molecule has 0 atom stereocenters. The van der Waals surface area contributed by atoms with Crippen molar-refractivity contribution in [2.45, 2.75) is 32.6 Å². The van der Waals surface area contributed by atoms with Crippen LogP contribution in [0.2, 0.25) is 5.15 Å². The van der Waals surface area contributed by atoms with Crippen molar-refractivity contribution < 1.29 is 4.79 Å². The molecule has 1 fully saturated rings. The van der Waals surface area contributed by atoms with E-state index in [0.29, 0.717) is 11.0 Å². The zero-order valence-corrected chi connectivity index (χ0v) is 16.0. The summed E-state index contributed by atoms with van der Waals surface area (Å²) in [7, 11) is 5.43. The van der Waals surface area contributed by atoms with E-state index in [1.54, 1.807) is 20.2 Å². The third kappa shape index (κ3) is 4.61. The summed E-state index contributed by atoms with van der Waals surface area (Å²) in [6, 6.07) is 3.69. The van der Waals surface area contributed by atoms with Gasteiger partial charge in [0.2, 0.25) is 0 Å². The molecule has 0 spiro atoms. The van der Waals surface area contributed by atoms with Gasteiger partial charge >= 0.3 is 0 Å². The Hall–Kier alpha value is -1.33. The number of aromatic nitrogens is 1. The second kappa shape index (κ2) is 8.17. The van der Waals surface area contributed by atoms with Crippen molar-refractivity contribution in [2.75, 3.05) is 45.7 Å². The van der Waals surface area contributed by atoms with Gasteiger partial charge < -0.3 is 15.1 Å². The van der Waals surface area contributed by atoms with Crippen molar-refractivity contribution in [1.82, 2.24) is 15.2 Å². The van der Waals surface area contributed by atoms with Gasteiger partial charge in [-0.2, -0.15) is 0 Å². The van der Waals surface area contributed by atoms with Crippen LogP contribution in [-0.2, 0) is 0 Å². The van der Waals surface area contributed by atoms with Gasteiger partial charge in [-0.15, -0.1) is 0 Å². The smallest absolute Gasteiger partial charge is 0.256 e. The third-order valence-electron chi connectivity index (χ3n) is 4.97. The average Bonchev–Trinajstić information content (AvgIpc) is 2.55. The van der Waals surface area contributed by atoms with E-state index in [9.17, 15) is 4.79 Å². The number of anilines is 1. The summed E-state index contributed by atoms with van der Waals surface area (Å²) in [5.41, 5.74) is 0.872. The maximum atomic E-state index is 12.0. The van der Waals surface area contributed by atoms with Gasteiger partial charge in [-0.25, -0.2) is 4.98 Å². The normalized spacial score (nSPS) is 17.0. The Labute approximate surface area is 150 Å². The molecule has 24 heavy (non-hydrogen) atoms. The number of hydrogen-bond donors (Lipinski definition) is 1. The number of nitrogens with one attached hydrogen (secondary N) is 1. The zero-order chi connectivity index (χ0) is 17.7. The molecule has 0 saturated carbocycles. The number of carbonyl (C=O) groups excluding carboxylic acids is 1. The molecular formula is C18H29ClN4O. The van der Waals surface area contributed by atoms with Crippen LogP contribution in [0.25, 0.3) is 0 Å². The molecule has 6 heteroatoms. The van der Waals surface area contributed by atoms with Crippen molar-refractivity contribution in [3.63, 3.8) is 0 Å². The van der Waals surface area contributed by atoms with Crippen LogP contribution in [0.1, 0.15) is 43.0 Å². The molecule has 0 bridgehead atoms. The second-order valence-corrected chi connectivity index (χ2v) is 7.57. The molecule has 1 amide bonds. The highest BCUT2D eigenvalue weighted by atomic mass is 35.5. The van der Waals surface area contributed by atoms with Gasteiger partial charge in [0.05, 0.1) is 5.56 Å². The summed E-state index contributed by atoms with van der Waals surface area (Å²) in [6.45, 7) is 5.44. The highest BCUT2D eigenvalue weighted by molar-refractivity contribution is 6.32. The number of carbonyl (C=O) groups is 1. The first-order valence-electron chi connectivity index (χ1n) is 8.64. The van der Waals surface area contributed by atoms with Crippen molar-refractivity contribution in [2.24, 2.45) is 5.41 Å². The number of piperidine rings is 1. The van der Waals surface area contributed by atoms with Crippen LogP contribution in [0.15, 0.2) is 12.1 Å². The molecule has 1 aliphatic rings. The molecule has 0 aliphatic carbocycles. The van der Waals surface area contributed by atoms with E-state index in [0.717, 1.165) is 38.3 Å². The number of rotatable bonds is 6. The molecular weight excluding hydrogens is 324 g/mol. The van der Waals surface area contributed by atoms with Crippen LogP contribution < -0.4 is 10.2 Å². The molecule has 1 aromatic heterocycles. The molecule has 1 aromatic rings. The number of hydrogen-bond acceptors (Lipinski definition) is 4. The summed E-state index contributed by atoms with van der Waals surface area (Å²) in [5.74, 6) is 0.752. The summed E-state index contributed by atoms with van der Waals surface area (Å²) >= 11 is 6.24. The molecule has 0 aromatic carbocycles. The average molecular weight is 353 g/mol. The summed E-state index contributed by atoms with van der Waals surface area (Å²) in [6.07, 6.45) is 4.80. The monoisotopic (exact) mass is 352 g/mol. The minimum absolute atomic E-state index is 0.116. The Morgan fingerprint density at radius 1 is 1.38 bits per heavy atom. The van der Waals surface area contributed by atoms with Crippen molar-refractivity contribution in [3.8, 4) is 0 Å². The summed E-state index contributed by atoms with van der Waals surface area (Å²) in [4.78, 5) is 20.3. The molecule has 1 saturated heterocycles. The Kier molecular flexibility index (Phi) is 6.47. The lowest BCUT2D eigenvalue weighted by Crippen LogP contribution is -2.39. The fourth-order valence-corrected chi connectivity index (χ4v) is 3.45. The molecule has 1 N–H and O–H groups in total. The first kappa shape index (κ1) is 19.0. The number of halogens is 1. The topological polar surface area (TPSA) is 48.5 Å². The molecule has 2 heterocycles. The maximum Gasteiger partial charge on any atom is 0.256 e. The Balaban J connectivity index is 1.99. The van der Waals surface area contributed by atoms with Gasteiger partial charge in [-0.3, -0.25) is 4.79 Å². The summed E-state index contributed by atoms with van der Waals surface area (Å²) in [5, 5.41) is 3.51. The predicted octanol–water partition coefficient (Wildman–Crippen LogP) is 3.04. The van der Waals surface area contributed by atoms with Crippen LogP contribution in [-0.4, -0.2) is 56.6 Å². The van der Waals surface area contributed by atoms with Gasteiger partial charge in [0.25, 0.3) is 5.91 Å². The molecule has 0 radical (unpaired) electrons. The highest BCUT2D eigenvalue weighted by Gasteiger charge is 2.30. The van der Waals surface area contributed by atoms with E-state index < -0.39 is 0 Å². The van der Waals surface area contributed by atoms with E-state index in [-0.39, 0.29) is 11.1 Å². The van der Waals surface area contributed by atoms with Crippen LogP contribution in [0.4, 0.5) is 5.82 Å². The van der Waals surface area contributed by atoms with Crippen molar-refractivity contribution >= 4 is 23.3 Å². The highest BCUT2D eigenvalue weighted by Crippen LogP contribution is 2.36. The minimum Gasteiger partial charge on any atom is -0.357 e. The third-order valence-corrected chi connectivity index (χ3v) is 5.26. The summed E-state index contributed by atoms with van der Waals surface area (Å²) < 4.78 is 0. The van der Waals surface area contributed by atoms with E-state index in [1.807, 2.05) is 13.1 Å². The van der Waals surface area contributed by atoms with Crippen LogP contribution in [0, 0.1) is 5.41 Å². The van der Waals surface area contributed by atoms with Crippen LogP contribution >= 0.6 is 11.6 Å². The van der Waals surface area contributed by atoms with Gasteiger partial charge in [0.1, 0.15) is 11.0 Å². The fourth-order valence-electron chi connectivity index (χ4n) is 3.22. The number of nitrogens with zero attached hydrogens (tertiary/aromatic N) is 3. The van der Waals surface area contributed by atoms with Crippen LogP contribution in [0.5, 0.6) is 0 Å². The number of amides is 1. The SMILES string of the molecule is CNCCCC1(C)CCN(c2ccc(C(=O)N(C)C)c(Cl)n2)CC1. The molecule has 134 valence electrons. The Morgan fingerprint density at radius 2 is 2.04 bits per heavy atom. The van der Waals surface area contributed by atoms with Crippen LogP contribution in [0.3, 0.4) is 0 Å². The molecule has 0 unspecified atom stereocenters. The van der Waals surface area contributed by atoms with E-state index in [4.69, 9.17) is 11.6 Å². The lowest BCUT2D eigenvalue weighted by Gasteiger charge is -2.40. The van der Waals surface area contributed by atoms with Gasteiger partial charge in [-0.1, -0.05) is 18.5 Å². The lowest BCUT2D eigenvalue weighted by molar-refractivity contribution is 0.0827. The quantitative estimate of drug-likeness (QED) is 0.631. The van der Waals surface area contributed by atoms with E-state index >= 15 is 0 Å². The molecule has 5 nitrogen and oxygen atoms in total. The lowest BCUT2D eigenvalue weighted by atomic mass is 9.76. The van der Waals surface area contributed by atoms with Gasteiger partial charge in [-0.05, 0) is 56.8 Å². The van der Waals surface area contributed by atoms with E-state index in [1.165, 1.54) is 17.7 Å².